The SMILES string of the molecule is Cc1cc(F)ccc1N(CCCl)C(=O)[C@H](O)[C@@](O)(C(=O)O)C(C)(C)C. The van der Waals surface area contributed by atoms with Crippen molar-refractivity contribution in [3.63, 3.8) is 0 Å². The molecule has 1 amide bonds. The summed E-state index contributed by atoms with van der Waals surface area (Å²) in [6.07, 6.45) is -2.24. The number of hydrogen-bond donors (Lipinski definition) is 3. The van der Waals surface area contributed by atoms with Crippen LogP contribution in [-0.2, 0) is 9.59 Å². The Balaban J connectivity index is 3.37. The van der Waals surface area contributed by atoms with Crippen LogP contribution >= 0.6 is 11.6 Å². The predicted octanol–water partition coefficient (Wildman–Crippen LogP) is 1.93. The summed E-state index contributed by atoms with van der Waals surface area (Å²) in [6, 6.07) is 3.67. The molecule has 25 heavy (non-hydrogen) atoms. The molecule has 0 heterocycles. The minimum absolute atomic E-state index is 0.00368. The van der Waals surface area contributed by atoms with Crippen molar-refractivity contribution >= 4 is 29.2 Å². The normalized spacial score (nSPS) is 15.4. The average Bonchev–Trinajstić information content (AvgIpc) is 2.49. The summed E-state index contributed by atoms with van der Waals surface area (Å²) in [5.74, 6) is -3.26. The zero-order valence-corrected chi connectivity index (χ0v) is 15.3. The molecule has 0 saturated carbocycles. The second kappa shape index (κ2) is 7.68. The minimum atomic E-state index is -2.72. The number of halogens is 2. The number of nitrogens with zero attached hydrogens (tertiary/aromatic N) is 1. The van der Waals surface area contributed by atoms with Crippen LogP contribution in [0.2, 0.25) is 0 Å². The highest BCUT2D eigenvalue weighted by atomic mass is 35.5. The third-order valence-corrected chi connectivity index (χ3v) is 4.29. The number of aliphatic hydroxyl groups is 2. The number of anilines is 1. The molecule has 0 aliphatic rings. The van der Waals surface area contributed by atoms with Gasteiger partial charge >= 0.3 is 5.97 Å². The summed E-state index contributed by atoms with van der Waals surface area (Å²) < 4.78 is 13.3. The topological polar surface area (TPSA) is 98.1 Å². The minimum Gasteiger partial charge on any atom is -0.479 e. The lowest BCUT2D eigenvalue weighted by molar-refractivity contribution is -0.194. The number of alkyl halides is 1. The van der Waals surface area contributed by atoms with Crippen molar-refractivity contribution in [2.24, 2.45) is 5.41 Å². The Hall–Kier alpha value is -1.70. The summed E-state index contributed by atoms with van der Waals surface area (Å²) in [5.41, 5.74) is -3.38. The highest BCUT2D eigenvalue weighted by Gasteiger charge is 2.56. The Morgan fingerprint density at radius 1 is 1.32 bits per heavy atom. The van der Waals surface area contributed by atoms with E-state index in [-0.39, 0.29) is 18.1 Å². The summed E-state index contributed by atoms with van der Waals surface area (Å²) in [5, 5.41) is 30.4. The fourth-order valence-corrected chi connectivity index (χ4v) is 2.70. The van der Waals surface area contributed by atoms with Gasteiger partial charge in [0, 0.05) is 23.5 Å². The van der Waals surface area contributed by atoms with Crippen molar-refractivity contribution in [2.75, 3.05) is 17.3 Å². The first-order valence-electron chi connectivity index (χ1n) is 7.65. The Morgan fingerprint density at radius 2 is 1.88 bits per heavy atom. The first kappa shape index (κ1) is 21.3. The van der Waals surface area contributed by atoms with Gasteiger partial charge in [-0.05, 0) is 30.7 Å². The highest BCUT2D eigenvalue weighted by Crippen LogP contribution is 2.35. The number of aryl methyl sites for hydroxylation is 1. The van der Waals surface area contributed by atoms with E-state index in [2.05, 4.69) is 0 Å². The van der Waals surface area contributed by atoms with E-state index in [4.69, 9.17) is 11.6 Å². The van der Waals surface area contributed by atoms with E-state index in [1.807, 2.05) is 0 Å². The molecule has 1 rings (SSSR count). The molecular formula is C17H23ClFNO5. The van der Waals surface area contributed by atoms with Gasteiger partial charge < -0.3 is 20.2 Å². The molecule has 2 atom stereocenters. The molecule has 0 aliphatic carbocycles. The quantitative estimate of drug-likeness (QED) is 0.660. The highest BCUT2D eigenvalue weighted by molar-refractivity contribution is 6.18. The number of carboxylic acids is 1. The monoisotopic (exact) mass is 375 g/mol. The van der Waals surface area contributed by atoms with Gasteiger partial charge in [0.15, 0.2) is 6.10 Å². The van der Waals surface area contributed by atoms with E-state index < -0.39 is 34.8 Å². The van der Waals surface area contributed by atoms with Crippen molar-refractivity contribution in [3.05, 3.63) is 29.6 Å². The number of carbonyl (C=O) groups excluding carboxylic acids is 1. The van der Waals surface area contributed by atoms with Gasteiger partial charge in [0.25, 0.3) is 5.91 Å². The first-order chi connectivity index (χ1) is 11.4. The molecule has 0 aromatic heterocycles. The van der Waals surface area contributed by atoms with Crippen LogP contribution in [-0.4, -0.2) is 51.3 Å². The van der Waals surface area contributed by atoms with Crippen LogP contribution in [0.3, 0.4) is 0 Å². The fraction of sp³-hybridized carbons (Fsp3) is 0.529. The summed E-state index contributed by atoms with van der Waals surface area (Å²) >= 11 is 5.72. The van der Waals surface area contributed by atoms with Crippen LogP contribution in [0, 0.1) is 18.2 Å². The lowest BCUT2D eigenvalue weighted by atomic mass is 9.72. The Kier molecular flexibility index (Phi) is 6.55. The molecule has 0 saturated heterocycles. The van der Waals surface area contributed by atoms with Crippen molar-refractivity contribution in [3.8, 4) is 0 Å². The molecule has 140 valence electrons. The predicted molar refractivity (Wildman–Crippen MR) is 92.3 cm³/mol. The van der Waals surface area contributed by atoms with Crippen LogP contribution < -0.4 is 4.90 Å². The lowest BCUT2D eigenvalue weighted by Crippen LogP contribution is -2.63. The van der Waals surface area contributed by atoms with Crippen molar-refractivity contribution in [2.45, 2.75) is 39.4 Å². The van der Waals surface area contributed by atoms with Crippen molar-refractivity contribution in [1.82, 2.24) is 0 Å². The van der Waals surface area contributed by atoms with E-state index >= 15 is 0 Å². The largest absolute Gasteiger partial charge is 0.479 e. The van der Waals surface area contributed by atoms with E-state index in [9.17, 15) is 29.3 Å². The van der Waals surface area contributed by atoms with Crippen molar-refractivity contribution in [1.29, 1.82) is 0 Å². The molecule has 0 unspecified atom stereocenters. The number of hydrogen-bond acceptors (Lipinski definition) is 4. The Morgan fingerprint density at radius 3 is 2.28 bits per heavy atom. The van der Waals surface area contributed by atoms with Crippen LogP contribution in [0.5, 0.6) is 0 Å². The van der Waals surface area contributed by atoms with Gasteiger partial charge in [0.1, 0.15) is 5.82 Å². The number of amides is 1. The number of rotatable bonds is 6. The molecule has 0 spiro atoms. The molecule has 1 aromatic rings. The van der Waals surface area contributed by atoms with E-state index in [1.54, 1.807) is 6.92 Å². The second-order valence-corrected chi connectivity index (χ2v) is 7.21. The molecule has 0 radical (unpaired) electrons. The number of carboxylic acid groups (broad SMARTS) is 1. The van der Waals surface area contributed by atoms with Gasteiger partial charge in [0.2, 0.25) is 5.60 Å². The van der Waals surface area contributed by atoms with E-state index in [0.717, 1.165) is 11.0 Å². The summed E-state index contributed by atoms with van der Waals surface area (Å²) in [7, 11) is 0. The molecule has 1 aromatic carbocycles. The number of carbonyl (C=O) groups is 2. The molecule has 0 aliphatic heterocycles. The maximum Gasteiger partial charge on any atom is 0.339 e. The standard InChI is InChI=1S/C17H23ClFNO5/c1-10-9-11(19)5-6-12(10)20(8-7-18)14(22)13(21)17(25,15(23)24)16(2,3)4/h5-6,9,13,21,25H,7-8H2,1-4H3,(H,23,24)/t13-,17+/m0/s1. The van der Waals surface area contributed by atoms with E-state index in [0.29, 0.717) is 5.56 Å². The third kappa shape index (κ3) is 4.11. The van der Waals surface area contributed by atoms with Gasteiger partial charge in [-0.2, -0.15) is 0 Å². The second-order valence-electron chi connectivity index (χ2n) is 6.83. The molecule has 8 heteroatoms. The Labute approximate surface area is 150 Å². The van der Waals surface area contributed by atoms with Gasteiger partial charge in [-0.1, -0.05) is 20.8 Å². The summed E-state index contributed by atoms with van der Waals surface area (Å²) in [6.45, 7) is 5.70. The zero-order valence-electron chi connectivity index (χ0n) is 14.6. The van der Waals surface area contributed by atoms with Crippen LogP contribution in [0.15, 0.2) is 18.2 Å². The number of aliphatic carboxylic acids is 1. The Bertz CT molecular complexity index is 661. The zero-order chi connectivity index (χ0) is 19.6. The van der Waals surface area contributed by atoms with Crippen LogP contribution in [0.25, 0.3) is 0 Å². The van der Waals surface area contributed by atoms with Gasteiger partial charge in [0.05, 0.1) is 0 Å². The van der Waals surface area contributed by atoms with Crippen molar-refractivity contribution < 1.29 is 29.3 Å². The molecule has 0 bridgehead atoms. The third-order valence-electron chi connectivity index (χ3n) is 4.12. The first-order valence-corrected chi connectivity index (χ1v) is 8.18. The average molecular weight is 376 g/mol. The van der Waals surface area contributed by atoms with E-state index in [1.165, 1.54) is 32.9 Å². The van der Waals surface area contributed by atoms with Gasteiger partial charge in [-0.3, -0.25) is 4.79 Å². The van der Waals surface area contributed by atoms with Crippen LogP contribution in [0.4, 0.5) is 10.1 Å². The molecule has 3 N–H and O–H groups in total. The lowest BCUT2D eigenvalue weighted by Gasteiger charge is -2.40. The molecular weight excluding hydrogens is 353 g/mol. The number of benzene rings is 1. The summed E-state index contributed by atoms with van der Waals surface area (Å²) in [4.78, 5) is 25.4. The van der Waals surface area contributed by atoms with Crippen LogP contribution in [0.1, 0.15) is 26.3 Å². The van der Waals surface area contributed by atoms with Gasteiger partial charge in [-0.25, -0.2) is 9.18 Å². The molecule has 6 nitrogen and oxygen atoms in total. The maximum absolute atomic E-state index is 13.3. The van der Waals surface area contributed by atoms with Gasteiger partial charge in [-0.15, -0.1) is 11.6 Å². The smallest absolute Gasteiger partial charge is 0.339 e. The number of aliphatic hydroxyl groups excluding tert-OH is 1. The fourth-order valence-electron chi connectivity index (χ4n) is 2.53. The maximum atomic E-state index is 13.3. The molecule has 0 fully saturated rings.